The summed E-state index contributed by atoms with van der Waals surface area (Å²) in [6, 6.07) is 6.99. The first-order chi connectivity index (χ1) is 14.3. The molecule has 3 atom stereocenters. The van der Waals surface area contributed by atoms with E-state index < -0.39 is 24.3 Å². The zero-order valence-corrected chi connectivity index (χ0v) is 17.2. The van der Waals surface area contributed by atoms with Crippen LogP contribution in [0.15, 0.2) is 34.3 Å². The number of nitrogens with zero attached hydrogens (tertiary/aromatic N) is 3. The maximum absolute atomic E-state index is 11.0. The number of aliphatic imine (C=N–C) groups is 2. The summed E-state index contributed by atoms with van der Waals surface area (Å²) in [7, 11) is 0. The number of halogens is 1. The Balaban J connectivity index is 1.88. The number of likely N-dealkylation sites (N-methyl/N-ethyl adjacent to an activating group) is 1. The highest BCUT2D eigenvalue weighted by Crippen LogP contribution is 2.35. The molecule has 1 aromatic carbocycles. The summed E-state index contributed by atoms with van der Waals surface area (Å²) in [6.45, 7) is 4.86. The minimum absolute atomic E-state index is 0.0244. The predicted molar refractivity (Wildman–Crippen MR) is 107 cm³/mol. The summed E-state index contributed by atoms with van der Waals surface area (Å²) in [4.78, 5) is 32.3. The lowest BCUT2D eigenvalue weighted by Gasteiger charge is -2.45. The molecule has 3 rings (SSSR count). The number of hydrogen-bond acceptors (Lipinski definition) is 8. The summed E-state index contributed by atoms with van der Waals surface area (Å²) in [5.74, 6) is -2.19. The molecule has 2 aliphatic rings. The normalized spacial score (nSPS) is 25.6. The highest BCUT2D eigenvalue weighted by molar-refractivity contribution is 6.30. The summed E-state index contributed by atoms with van der Waals surface area (Å²) in [5.41, 5.74) is 0.984. The van der Waals surface area contributed by atoms with Crippen LogP contribution in [0.2, 0.25) is 5.02 Å². The second-order valence-corrected chi connectivity index (χ2v) is 7.16. The van der Waals surface area contributed by atoms with Gasteiger partial charge in [0.1, 0.15) is 6.21 Å². The molecule has 1 saturated heterocycles. The smallest absolute Gasteiger partial charge is 0.450 e. The topological polar surface area (TPSA) is 130 Å². The van der Waals surface area contributed by atoms with Gasteiger partial charge >= 0.3 is 18.2 Å². The molecule has 1 aromatic rings. The quantitative estimate of drug-likeness (QED) is 0.509. The first-order valence-electron chi connectivity index (χ1n) is 9.40. The van der Waals surface area contributed by atoms with Gasteiger partial charge < -0.3 is 24.4 Å². The fourth-order valence-electron chi connectivity index (χ4n) is 3.80. The van der Waals surface area contributed by atoms with Crippen molar-refractivity contribution in [2.75, 3.05) is 13.2 Å². The molecule has 2 N–H and O–H groups in total. The average molecular weight is 440 g/mol. The van der Waals surface area contributed by atoms with Crippen LogP contribution in [0.5, 0.6) is 0 Å². The lowest BCUT2D eigenvalue weighted by atomic mass is 9.95. The maximum Gasteiger partial charge on any atom is 0.510 e. The van der Waals surface area contributed by atoms with Gasteiger partial charge in [-0.25, -0.2) is 14.6 Å². The van der Waals surface area contributed by atoms with Gasteiger partial charge in [0.05, 0.1) is 18.8 Å². The number of amidine groups is 1. The highest BCUT2D eigenvalue weighted by Gasteiger charge is 2.46. The second-order valence-electron chi connectivity index (χ2n) is 6.72. The summed E-state index contributed by atoms with van der Waals surface area (Å²) < 4.78 is 15.3. The fourth-order valence-corrected chi connectivity index (χ4v) is 3.92. The van der Waals surface area contributed by atoms with E-state index in [-0.39, 0.29) is 24.6 Å². The molecule has 162 valence electrons. The van der Waals surface area contributed by atoms with E-state index in [1.54, 1.807) is 0 Å². The minimum atomic E-state index is -2.36. The van der Waals surface area contributed by atoms with Crippen LogP contribution in [0, 0.1) is 0 Å². The van der Waals surface area contributed by atoms with Crippen molar-refractivity contribution in [2.24, 2.45) is 9.98 Å². The Morgan fingerprint density at radius 2 is 1.87 bits per heavy atom. The minimum Gasteiger partial charge on any atom is -0.450 e. The lowest BCUT2D eigenvalue weighted by molar-refractivity contribution is -0.124. The predicted octanol–water partition coefficient (Wildman–Crippen LogP) is 3.41. The van der Waals surface area contributed by atoms with Gasteiger partial charge in [-0.2, -0.15) is 4.99 Å². The molecule has 2 heterocycles. The zero-order chi connectivity index (χ0) is 21.9. The van der Waals surface area contributed by atoms with Gasteiger partial charge in [0.25, 0.3) is 0 Å². The van der Waals surface area contributed by atoms with Gasteiger partial charge in [-0.05, 0) is 30.7 Å². The van der Waals surface area contributed by atoms with Gasteiger partial charge in [-0.3, -0.25) is 4.90 Å². The van der Waals surface area contributed by atoms with Gasteiger partial charge in [0.15, 0.2) is 5.84 Å². The Hall–Kier alpha value is -2.69. The third-order valence-corrected chi connectivity index (χ3v) is 5.24. The standard InChI is InChI=1S/C19H22ClN3O7/c1-3-13-15(11-5-7-12(20)8-6-11)28-9-14(23(13)4-2)16-21-10-19(22-16,29-17(24)25)30-18(26)27/h5-8,10,13-15H,3-4,9H2,1-2H3,(H,24,25)(H,26,27). The molecule has 30 heavy (non-hydrogen) atoms. The van der Waals surface area contributed by atoms with E-state index >= 15 is 0 Å². The van der Waals surface area contributed by atoms with E-state index in [4.69, 9.17) is 26.6 Å². The van der Waals surface area contributed by atoms with Crippen LogP contribution >= 0.6 is 11.6 Å². The number of rotatable bonds is 6. The SMILES string of the molecule is CCC1C(c2ccc(Cl)cc2)OCC(C2=NC(OC(=O)O)(OC(=O)O)C=N2)N1CC. The van der Waals surface area contributed by atoms with Crippen LogP contribution < -0.4 is 0 Å². The first-order valence-corrected chi connectivity index (χ1v) is 9.78. The Morgan fingerprint density at radius 3 is 2.40 bits per heavy atom. The number of carboxylic acid groups (broad SMARTS) is 2. The molecule has 3 unspecified atom stereocenters. The molecule has 11 heteroatoms. The zero-order valence-electron chi connectivity index (χ0n) is 16.4. The van der Waals surface area contributed by atoms with Crippen molar-refractivity contribution in [1.82, 2.24) is 4.90 Å². The monoisotopic (exact) mass is 439 g/mol. The fraction of sp³-hybridized carbons (Fsp3) is 0.474. The molecular weight excluding hydrogens is 418 g/mol. The number of ether oxygens (including phenoxy) is 3. The average Bonchev–Trinajstić information content (AvgIpc) is 3.09. The molecule has 0 aliphatic carbocycles. The summed E-state index contributed by atoms with van der Waals surface area (Å²) in [5, 5.41) is 18.5. The molecule has 0 radical (unpaired) electrons. The van der Waals surface area contributed by atoms with Crippen molar-refractivity contribution in [3.63, 3.8) is 0 Å². The number of carbonyl (C=O) groups is 2. The van der Waals surface area contributed by atoms with Crippen LogP contribution in [0.3, 0.4) is 0 Å². The maximum atomic E-state index is 11.0. The third-order valence-electron chi connectivity index (χ3n) is 4.99. The second kappa shape index (κ2) is 8.99. The molecule has 0 saturated carbocycles. The Bertz CT molecular complexity index is 842. The summed E-state index contributed by atoms with van der Waals surface area (Å²) in [6.07, 6.45) is -2.00. The van der Waals surface area contributed by atoms with Crippen LogP contribution in [0.1, 0.15) is 31.9 Å². The van der Waals surface area contributed by atoms with Crippen LogP contribution in [0.4, 0.5) is 9.59 Å². The molecule has 0 spiro atoms. The van der Waals surface area contributed by atoms with E-state index in [2.05, 4.69) is 24.4 Å². The van der Waals surface area contributed by atoms with E-state index in [0.717, 1.165) is 18.2 Å². The molecule has 0 amide bonds. The van der Waals surface area contributed by atoms with Gasteiger partial charge in [-0.15, -0.1) is 0 Å². The van der Waals surface area contributed by atoms with E-state index in [0.29, 0.717) is 11.6 Å². The summed E-state index contributed by atoms with van der Waals surface area (Å²) >= 11 is 5.99. The third kappa shape index (κ3) is 4.55. The van der Waals surface area contributed by atoms with Gasteiger partial charge in [-0.1, -0.05) is 37.6 Å². The Kier molecular flexibility index (Phi) is 6.59. The van der Waals surface area contributed by atoms with E-state index in [1.165, 1.54) is 0 Å². The first kappa shape index (κ1) is 22.0. The van der Waals surface area contributed by atoms with Crippen LogP contribution in [-0.4, -0.2) is 70.6 Å². The highest BCUT2D eigenvalue weighted by atomic mass is 35.5. The Labute approximate surface area is 177 Å². The largest absolute Gasteiger partial charge is 0.510 e. The van der Waals surface area contributed by atoms with Gasteiger partial charge in [0.2, 0.25) is 0 Å². The number of hydrogen-bond donors (Lipinski definition) is 2. The molecule has 1 fully saturated rings. The molecule has 2 aliphatic heterocycles. The van der Waals surface area contributed by atoms with Crippen molar-refractivity contribution in [2.45, 2.75) is 44.4 Å². The van der Waals surface area contributed by atoms with Crippen LogP contribution in [-0.2, 0) is 14.2 Å². The lowest BCUT2D eigenvalue weighted by Crippen LogP contribution is -2.55. The molecule has 0 aromatic heterocycles. The van der Waals surface area contributed by atoms with Crippen molar-refractivity contribution in [3.8, 4) is 0 Å². The van der Waals surface area contributed by atoms with Gasteiger partial charge in [0, 0.05) is 11.1 Å². The van der Waals surface area contributed by atoms with Crippen molar-refractivity contribution >= 4 is 36.0 Å². The van der Waals surface area contributed by atoms with Crippen molar-refractivity contribution < 1.29 is 34.0 Å². The molecule has 0 bridgehead atoms. The van der Waals surface area contributed by atoms with Crippen molar-refractivity contribution in [1.29, 1.82) is 0 Å². The molecular formula is C19H22ClN3O7. The van der Waals surface area contributed by atoms with E-state index in [1.807, 2.05) is 38.1 Å². The number of benzene rings is 1. The Morgan fingerprint density at radius 1 is 1.23 bits per heavy atom. The van der Waals surface area contributed by atoms with Crippen molar-refractivity contribution in [3.05, 3.63) is 34.9 Å². The van der Waals surface area contributed by atoms with E-state index in [9.17, 15) is 9.59 Å². The molecule has 10 nitrogen and oxygen atoms in total. The van der Waals surface area contributed by atoms with Crippen LogP contribution in [0.25, 0.3) is 0 Å². The number of morpholine rings is 1.